The summed E-state index contributed by atoms with van der Waals surface area (Å²) in [5.41, 5.74) is 2.08. The van der Waals surface area contributed by atoms with Gasteiger partial charge in [0.15, 0.2) is 0 Å². The van der Waals surface area contributed by atoms with Crippen LogP contribution in [0.4, 0.5) is 0 Å². The van der Waals surface area contributed by atoms with Crippen molar-refractivity contribution in [3.05, 3.63) is 51.3 Å². The first-order valence-electron chi connectivity index (χ1n) is 9.94. The van der Waals surface area contributed by atoms with Gasteiger partial charge in [0.25, 0.3) is 5.91 Å². The number of H-pyrrole nitrogens is 1. The van der Waals surface area contributed by atoms with Gasteiger partial charge >= 0.3 is 0 Å². The quantitative estimate of drug-likeness (QED) is 0.697. The summed E-state index contributed by atoms with van der Waals surface area (Å²) in [5, 5.41) is 8.17. The Morgan fingerprint density at radius 2 is 1.96 bits per heavy atom. The van der Waals surface area contributed by atoms with Crippen molar-refractivity contribution in [2.45, 2.75) is 39.7 Å². The Bertz CT molecular complexity index is 779. The number of piperidine rings is 1. The molecule has 1 N–H and O–H groups in total. The summed E-state index contributed by atoms with van der Waals surface area (Å²) < 4.78 is 0. The van der Waals surface area contributed by atoms with Crippen LogP contribution in [0, 0.1) is 12.8 Å². The third-order valence-electron chi connectivity index (χ3n) is 5.58. The molecule has 7 heteroatoms. The highest BCUT2D eigenvalue weighted by molar-refractivity contribution is 6.36. The minimum atomic E-state index is -0.0914. The van der Waals surface area contributed by atoms with Crippen molar-refractivity contribution in [2.75, 3.05) is 26.2 Å². The van der Waals surface area contributed by atoms with Crippen molar-refractivity contribution in [1.29, 1.82) is 0 Å². The number of carbonyl (C=O) groups excluding carboxylic acids is 1. The largest absolute Gasteiger partial charge is 0.333 e. The SMILES string of the molecule is CCN1CCC(CCN(Cc2c(Cl)cccc2Cl)C(=O)c2cc(C)[nH]n2)CC1. The number of benzene rings is 1. The van der Waals surface area contributed by atoms with Crippen LogP contribution in [-0.2, 0) is 6.54 Å². The smallest absolute Gasteiger partial charge is 0.274 e. The molecule has 0 spiro atoms. The van der Waals surface area contributed by atoms with E-state index in [0.29, 0.717) is 34.7 Å². The number of aryl methyl sites for hydroxylation is 1. The van der Waals surface area contributed by atoms with E-state index in [2.05, 4.69) is 22.0 Å². The molecule has 2 aromatic rings. The maximum absolute atomic E-state index is 13.1. The van der Waals surface area contributed by atoms with Crippen LogP contribution in [0.3, 0.4) is 0 Å². The van der Waals surface area contributed by atoms with Crippen LogP contribution in [0.15, 0.2) is 24.3 Å². The number of nitrogens with zero attached hydrogens (tertiary/aromatic N) is 3. The topological polar surface area (TPSA) is 52.2 Å². The van der Waals surface area contributed by atoms with E-state index in [9.17, 15) is 4.79 Å². The second-order valence-electron chi connectivity index (χ2n) is 7.53. The highest BCUT2D eigenvalue weighted by atomic mass is 35.5. The number of rotatable bonds is 7. The fourth-order valence-corrected chi connectivity index (χ4v) is 4.26. The van der Waals surface area contributed by atoms with E-state index in [1.165, 1.54) is 12.8 Å². The lowest BCUT2D eigenvalue weighted by atomic mass is 9.93. The molecule has 5 nitrogen and oxygen atoms in total. The highest BCUT2D eigenvalue weighted by Gasteiger charge is 2.24. The van der Waals surface area contributed by atoms with Crippen molar-refractivity contribution < 1.29 is 4.79 Å². The van der Waals surface area contributed by atoms with Crippen LogP contribution in [0.1, 0.15) is 47.9 Å². The van der Waals surface area contributed by atoms with Crippen LogP contribution in [-0.4, -0.2) is 52.1 Å². The van der Waals surface area contributed by atoms with E-state index in [1.54, 1.807) is 6.07 Å². The van der Waals surface area contributed by atoms with Crippen molar-refractivity contribution in [3.8, 4) is 0 Å². The normalized spacial score (nSPS) is 15.7. The number of hydrogen-bond acceptors (Lipinski definition) is 3. The molecule has 3 rings (SSSR count). The molecular weight excluding hydrogens is 395 g/mol. The first-order valence-corrected chi connectivity index (χ1v) is 10.7. The van der Waals surface area contributed by atoms with Crippen LogP contribution in [0.5, 0.6) is 0 Å². The molecule has 1 amide bonds. The number of aromatic nitrogens is 2. The third kappa shape index (κ3) is 5.28. The van der Waals surface area contributed by atoms with Crippen LogP contribution >= 0.6 is 23.2 Å². The summed E-state index contributed by atoms with van der Waals surface area (Å²) in [6, 6.07) is 7.22. The van der Waals surface area contributed by atoms with Gasteiger partial charge in [0.1, 0.15) is 5.69 Å². The Morgan fingerprint density at radius 3 is 2.54 bits per heavy atom. The van der Waals surface area contributed by atoms with Gasteiger partial charge in [0.05, 0.1) is 0 Å². The average molecular weight is 423 g/mol. The standard InChI is InChI=1S/C21H28Cl2N4O/c1-3-26-10-7-16(8-11-26)9-12-27(21(28)20-13-15(2)24-25-20)14-17-18(22)5-4-6-19(17)23/h4-6,13,16H,3,7-12,14H2,1-2H3,(H,24,25). The van der Waals surface area contributed by atoms with E-state index in [0.717, 1.165) is 37.3 Å². The summed E-state index contributed by atoms with van der Waals surface area (Å²) in [5.74, 6) is 0.548. The van der Waals surface area contributed by atoms with E-state index in [4.69, 9.17) is 23.2 Å². The van der Waals surface area contributed by atoms with Gasteiger partial charge in [-0.2, -0.15) is 5.10 Å². The lowest BCUT2D eigenvalue weighted by Gasteiger charge is -2.32. The lowest BCUT2D eigenvalue weighted by Crippen LogP contribution is -2.36. The molecule has 1 saturated heterocycles. The van der Waals surface area contributed by atoms with Crippen LogP contribution < -0.4 is 0 Å². The minimum Gasteiger partial charge on any atom is -0.333 e. The predicted molar refractivity (Wildman–Crippen MR) is 114 cm³/mol. The molecule has 0 bridgehead atoms. The van der Waals surface area contributed by atoms with Gasteiger partial charge in [0, 0.05) is 34.4 Å². The van der Waals surface area contributed by atoms with E-state index >= 15 is 0 Å². The van der Waals surface area contributed by atoms with E-state index < -0.39 is 0 Å². The number of hydrogen-bond donors (Lipinski definition) is 1. The molecule has 2 heterocycles. The second-order valence-corrected chi connectivity index (χ2v) is 8.34. The van der Waals surface area contributed by atoms with Crippen molar-refractivity contribution >= 4 is 29.1 Å². The zero-order chi connectivity index (χ0) is 20.1. The lowest BCUT2D eigenvalue weighted by molar-refractivity contribution is 0.0716. The van der Waals surface area contributed by atoms with Gasteiger partial charge in [-0.15, -0.1) is 0 Å². The Hall–Kier alpha value is -1.56. The highest BCUT2D eigenvalue weighted by Crippen LogP contribution is 2.27. The molecule has 1 aromatic heterocycles. The maximum Gasteiger partial charge on any atom is 0.274 e. The molecule has 0 aliphatic carbocycles. The number of nitrogens with one attached hydrogen (secondary N) is 1. The summed E-state index contributed by atoms with van der Waals surface area (Å²) in [6.07, 6.45) is 3.35. The van der Waals surface area contributed by atoms with Gasteiger partial charge in [-0.05, 0) is 69.9 Å². The van der Waals surface area contributed by atoms with Gasteiger partial charge in [0.2, 0.25) is 0 Å². The molecule has 28 heavy (non-hydrogen) atoms. The van der Waals surface area contributed by atoms with Gasteiger partial charge < -0.3 is 9.80 Å². The third-order valence-corrected chi connectivity index (χ3v) is 6.29. The molecule has 0 saturated carbocycles. The Kier molecular flexibility index (Phi) is 7.38. The zero-order valence-electron chi connectivity index (χ0n) is 16.5. The molecule has 0 atom stereocenters. The number of likely N-dealkylation sites (tertiary alicyclic amines) is 1. The molecule has 152 valence electrons. The molecule has 0 radical (unpaired) electrons. The van der Waals surface area contributed by atoms with Crippen LogP contribution in [0.25, 0.3) is 0 Å². The van der Waals surface area contributed by atoms with Gasteiger partial charge in [-0.1, -0.05) is 36.2 Å². The van der Waals surface area contributed by atoms with E-state index in [1.807, 2.05) is 30.0 Å². The molecule has 1 aromatic carbocycles. The summed E-state index contributed by atoms with van der Waals surface area (Å²) in [6.45, 7) is 8.55. The molecule has 1 fully saturated rings. The summed E-state index contributed by atoms with van der Waals surface area (Å²) in [7, 11) is 0. The number of amides is 1. The number of aromatic amines is 1. The molecule has 1 aliphatic heterocycles. The molecule has 1 aliphatic rings. The maximum atomic E-state index is 13.1. The first kappa shape index (κ1) is 21.2. The monoisotopic (exact) mass is 422 g/mol. The summed E-state index contributed by atoms with van der Waals surface area (Å²) in [4.78, 5) is 17.4. The fourth-order valence-electron chi connectivity index (χ4n) is 3.75. The Balaban J connectivity index is 1.72. The number of carbonyl (C=O) groups is 1. The average Bonchev–Trinajstić information content (AvgIpc) is 3.13. The number of halogens is 2. The first-order chi connectivity index (χ1) is 13.5. The second kappa shape index (κ2) is 9.77. The van der Waals surface area contributed by atoms with Crippen molar-refractivity contribution in [3.63, 3.8) is 0 Å². The van der Waals surface area contributed by atoms with Gasteiger partial charge in [-0.3, -0.25) is 9.89 Å². The molecular formula is C21H28Cl2N4O. The van der Waals surface area contributed by atoms with Crippen molar-refractivity contribution in [2.24, 2.45) is 5.92 Å². The minimum absolute atomic E-state index is 0.0914. The predicted octanol–water partition coefficient (Wildman–Crippen LogP) is 4.79. The fraction of sp³-hybridized carbons (Fsp3) is 0.524. The Labute approximate surface area is 177 Å². The Morgan fingerprint density at radius 1 is 1.29 bits per heavy atom. The zero-order valence-corrected chi connectivity index (χ0v) is 18.1. The van der Waals surface area contributed by atoms with Crippen molar-refractivity contribution in [1.82, 2.24) is 20.0 Å². The van der Waals surface area contributed by atoms with Gasteiger partial charge in [-0.25, -0.2) is 0 Å². The molecule has 0 unspecified atom stereocenters. The van der Waals surface area contributed by atoms with E-state index in [-0.39, 0.29) is 5.91 Å². The summed E-state index contributed by atoms with van der Waals surface area (Å²) >= 11 is 12.7. The van der Waals surface area contributed by atoms with Crippen LogP contribution in [0.2, 0.25) is 10.0 Å².